The number of aliphatic hydroxyl groups is 1. The first-order valence-corrected chi connectivity index (χ1v) is 16.8. The molecule has 0 radical (unpaired) electrons. The summed E-state index contributed by atoms with van der Waals surface area (Å²) in [6, 6.07) is 10.1. The number of hydrogen-bond donors (Lipinski definition) is 2. The molecule has 3 aliphatic rings. The Morgan fingerprint density at radius 3 is 2.56 bits per heavy atom. The van der Waals surface area contributed by atoms with Gasteiger partial charge in [-0.25, -0.2) is 14.6 Å². The topological polar surface area (TPSA) is 135 Å². The molecule has 2 aliphatic heterocycles. The van der Waals surface area contributed by atoms with Crippen LogP contribution in [0.25, 0.3) is 22.6 Å². The fourth-order valence-corrected chi connectivity index (χ4v) is 7.65. The van der Waals surface area contributed by atoms with Gasteiger partial charge in [-0.05, 0) is 61.1 Å². The summed E-state index contributed by atoms with van der Waals surface area (Å²) in [5.74, 6) is 0.837. The SMILES string of the molecule is C[C@H]1CN(C2COC2)CCN1c1ccc(Nc2cc(-c3ccnc(-n4ccn5c6c(cc5c4=O)CC(C)(C)C6)c3CO)nn(C)c2=O)nc1.S. The van der Waals surface area contributed by atoms with Crippen LogP contribution in [-0.2, 0) is 31.2 Å². The van der Waals surface area contributed by atoms with Crippen molar-refractivity contribution in [1.29, 1.82) is 0 Å². The average Bonchev–Trinajstić information content (AvgIpc) is 3.55. The molecular weight excluding hydrogens is 655 g/mol. The Kier molecular flexibility index (Phi) is 8.83. The molecular formula is C36H43N9O4S. The van der Waals surface area contributed by atoms with E-state index in [0.717, 1.165) is 51.4 Å². The Morgan fingerprint density at radius 2 is 1.86 bits per heavy atom. The number of aryl methyl sites for hydroxylation is 1. The van der Waals surface area contributed by atoms with Gasteiger partial charge in [0.15, 0.2) is 0 Å². The van der Waals surface area contributed by atoms with E-state index >= 15 is 0 Å². The lowest BCUT2D eigenvalue weighted by Gasteiger charge is -2.46. The van der Waals surface area contributed by atoms with Crippen LogP contribution in [0.1, 0.15) is 37.6 Å². The zero-order chi connectivity index (χ0) is 34.0. The quantitative estimate of drug-likeness (QED) is 0.262. The second-order valence-corrected chi connectivity index (χ2v) is 14.3. The van der Waals surface area contributed by atoms with Crippen LogP contribution in [0.2, 0.25) is 0 Å². The van der Waals surface area contributed by atoms with Crippen LogP contribution >= 0.6 is 13.5 Å². The monoisotopic (exact) mass is 697 g/mol. The van der Waals surface area contributed by atoms with Crippen molar-refractivity contribution in [2.45, 2.75) is 52.3 Å². The molecule has 50 heavy (non-hydrogen) atoms. The lowest BCUT2D eigenvalue weighted by atomic mass is 9.90. The molecule has 5 aromatic heterocycles. The van der Waals surface area contributed by atoms with Crippen molar-refractivity contribution in [2.75, 3.05) is 43.1 Å². The minimum Gasteiger partial charge on any atom is -0.392 e. The number of ether oxygens (including phenoxy) is 1. The first-order valence-electron chi connectivity index (χ1n) is 16.8. The first kappa shape index (κ1) is 34.0. The van der Waals surface area contributed by atoms with Gasteiger partial charge in [0.25, 0.3) is 11.1 Å². The number of nitrogens with zero attached hydrogens (tertiary/aromatic N) is 8. The fraction of sp³-hybridized carbons (Fsp3) is 0.417. The summed E-state index contributed by atoms with van der Waals surface area (Å²) in [7, 11) is 1.58. The smallest absolute Gasteiger partial charge is 0.290 e. The van der Waals surface area contributed by atoms with E-state index in [-0.39, 0.29) is 42.3 Å². The summed E-state index contributed by atoms with van der Waals surface area (Å²) >= 11 is 0. The van der Waals surface area contributed by atoms with E-state index < -0.39 is 0 Å². The largest absolute Gasteiger partial charge is 0.392 e. The van der Waals surface area contributed by atoms with Gasteiger partial charge in [-0.2, -0.15) is 18.6 Å². The zero-order valence-electron chi connectivity index (χ0n) is 28.8. The van der Waals surface area contributed by atoms with E-state index in [1.54, 1.807) is 31.6 Å². The summed E-state index contributed by atoms with van der Waals surface area (Å²) in [4.78, 5) is 41.0. The Balaban J connectivity index is 0.00000392. The molecule has 8 rings (SSSR count). The fourth-order valence-electron chi connectivity index (χ4n) is 7.65. The Hall–Kier alpha value is -4.50. The van der Waals surface area contributed by atoms with Gasteiger partial charge in [0.2, 0.25) is 0 Å². The van der Waals surface area contributed by atoms with Crippen LogP contribution in [0.5, 0.6) is 0 Å². The summed E-state index contributed by atoms with van der Waals surface area (Å²) in [6.45, 7) is 10.8. The van der Waals surface area contributed by atoms with Gasteiger partial charge in [0.05, 0.1) is 43.4 Å². The third-order valence-electron chi connectivity index (χ3n) is 10.2. The van der Waals surface area contributed by atoms with Gasteiger partial charge in [-0.15, -0.1) is 0 Å². The van der Waals surface area contributed by atoms with Crippen LogP contribution < -0.4 is 21.3 Å². The van der Waals surface area contributed by atoms with E-state index in [1.807, 2.05) is 35.0 Å². The van der Waals surface area contributed by atoms with Crippen LogP contribution in [0.3, 0.4) is 0 Å². The maximum absolute atomic E-state index is 13.8. The van der Waals surface area contributed by atoms with E-state index in [4.69, 9.17) is 4.74 Å². The van der Waals surface area contributed by atoms with Gasteiger partial charge < -0.3 is 24.5 Å². The number of nitrogens with one attached hydrogen (secondary N) is 1. The van der Waals surface area contributed by atoms with E-state index in [2.05, 4.69) is 51.0 Å². The third kappa shape index (κ3) is 5.89. The molecule has 0 unspecified atom stereocenters. The molecule has 0 amide bonds. The molecule has 7 heterocycles. The third-order valence-corrected chi connectivity index (χ3v) is 10.2. The highest BCUT2D eigenvalue weighted by molar-refractivity contribution is 7.59. The number of aromatic nitrogens is 6. The minimum absolute atomic E-state index is 0. The zero-order valence-corrected chi connectivity index (χ0v) is 29.8. The number of rotatable bonds is 7. The van der Waals surface area contributed by atoms with Gasteiger partial charge >= 0.3 is 0 Å². The van der Waals surface area contributed by atoms with Crippen molar-refractivity contribution in [3.05, 3.63) is 92.6 Å². The molecule has 262 valence electrons. The highest BCUT2D eigenvalue weighted by Gasteiger charge is 2.33. The molecule has 13 nitrogen and oxygen atoms in total. The van der Waals surface area contributed by atoms with Gasteiger partial charge in [-0.3, -0.25) is 19.1 Å². The van der Waals surface area contributed by atoms with Crippen molar-refractivity contribution < 1.29 is 9.84 Å². The first-order chi connectivity index (χ1) is 23.6. The Bertz CT molecular complexity index is 2190. The predicted molar refractivity (Wildman–Crippen MR) is 197 cm³/mol. The summed E-state index contributed by atoms with van der Waals surface area (Å²) in [5.41, 5.74) is 5.28. The molecule has 2 N–H and O–H groups in total. The van der Waals surface area contributed by atoms with Crippen molar-refractivity contribution in [2.24, 2.45) is 12.5 Å². The van der Waals surface area contributed by atoms with Crippen LogP contribution in [-0.4, -0.2) is 83.7 Å². The van der Waals surface area contributed by atoms with Crippen molar-refractivity contribution in [1.82, 2.24) is 33.6 Å². The highest BCUT2D eigenvalue weighted by Crippen LogP contribution is 2.37. The van der Waals surface area contributed by atoms with E-state index in [0.29, 0.717) is 46.1 Å². The summed E-state index contributed by atoms with van der Waals surface area (Å²) in [6.07, 6.45) is 8.83. The van der Waals surface area contributed by atoms with Crippen LogP contribution in [0, 0.1) is 5.41 Å². The Morgan fingerprint density at radius 1 is 1.04 bits per heavy atom. The van der Waals surface area contributed by atoms with Crippen molar-refractivity contribution in [3.63, 3.8) is 0 Å². The average molecular weight is 698 g/mol. The summed E-state index contributed by atoms with van der Waals surface area (Å²) in [5, 5.41) is 18.3. The van der Waals surface area contributed by atoms with Gasteiger partial charge in [0.1, 0.15) is 22.8 Å². The Labute approximate surface area is 296 Å². The van der Waals surface area contributed by atoms with Crippen molar-refractivity contribution >= 4 is 36.2 Å². The minimum atomic E-state index is -0.390. The maximum Gasteiger partial charge on any atom is 0.290 e. The van der Waals surface area contributed by atoms with Crippen molar-refractivity contribution in [3.8, 4) is 17.1 Å². The van der Waals surface area contributed by atoms with Crippen LogP contribution in [0.4, 0.5) is 17.2 Å². The number of hydrogen-bond acceptors (Lipinski definition) is 10. The second kappa shape index (κ2) is 13.0. The standard InChI is InChI=1S/C36H41N9O4.H2S/c1-22-18-42(25-20-49-21-25)9-10-43(22)24-5-6-32(38-17-24)39-29-14-28(40-41(4)34(29)47)26-7-8-37-33(27(26)19-46)45-12-11-44-30(35(45)48)13-23-15-36(2,3)16-31(23)44;/h5-8,11-14,17,22,25,46H,9-10,15-16,18-21H2,1-4H3,(H,38,39);1H2/t22-;/m0./s1. The molecule has 0 saturated carbocycles. The lowest BCUT2D eigenvalue weighted by molar-refractivity contribution is -0.0691. The van der Waals surface area contributed by atoms with Gasteiger partial charge in [0, 0.05) is 68.1 Å². The number of piperazine rings is 1. The molecule has 0 spiro atoms. The highest BCUT2D eigenvalue weighted by atomic mass is 32.1. The normalized spacial score (nSPS) is 18.9. The predicted octanol–water partition coefficient (Wildman–Crippen LogP) is 3.02. The van der Waals surface area contributed by atoms with E-state index in [1.165, 1.54) is 20.5 Å². The molecule has 1 aliphatic carbocycles. The number of anilines is 3. The molecule has 5 aromatic rings. The molecule has 0 aromatic carbocycles. The summed E-state index contributed by atoms with van der Waals surface area (Å²) < 4.78 is 10.1. The molecule has 0 bridgehead atoms. The molecule has 14 heteroatoms. The molecule has 1 atom stereocenters. The number of fused-ring (bicyclic) bond motifs is 3. The van der Waals surface area contributed by atoms with Gasteiger partial charge in [-0.1, -0.05) is 13.8 Å². The number of pyridine rings is 2. The maximum atomic E-state index is 13.8. The lowest BCUT2D eigenvalue weighted by Crippen LogP contribution is -2.59. The van der Waals surface area contributed by atoms with Crippen LogP contribution in [0.15, 0.2) is 64.7 Å². The molecule has 2 fully saturated rings. The molecule has 2 saturated heterocycles. The second-order valence-electron chi connectivity index (χ2n) is 14.3. The van der Waals surface area contributed by atoms with E-state index in [9.17, 15) is 14.7 Å². The number of aliphatic hydroxyl groups excluding tert-OH is 1.